The number of halogens is 2. The van der Waals surface area contributed by atoms with E-state index in [9.17, 15) is 5.26 Å². The molecule has 0 saturated carbocycles. The van der Waals surface area contributed by atoms with Crippen LogP contribution in [-0.4, -0.2) is 30.8 Å². The van der Waals surface area contributed by atoms with Crippen molar-refractivity contribution in [2.24, 2.45) is 10.4 Å². The number of amidine groups is 1. The van der Waals surface area contributed by atoms with Crippen LogP contribution in [-0.2, 0) is 10.3 Å². The summed E-state index contributed by atoms with van der Waals surface area (Å²) in [5.74, 6) is -0.848. The molecule has 1 unspecified atom stereocenters. The van der Waals surface area contributed by atoms with Gasteiger partial charge in [-0.25, -0.2) is 13.8 Å². The molecular formula is C28H26F2N4O3. The summed E-state index contributed by atoms with van der Waals surface area (Å²) >= 11 is 0. The molecular weight excluding hydrogens is 478 g/mol. The first-order valence-corrected chi connectivity index (χ1v) is 12.0. The molecule has 9 heteroatoms. The summed E-state index contributed by atoms with van der Waals surface area (Å²) in [5, 5.41) is 12.7. The number of nitrogens with zero attached hydrogens (tertiary/aromatic N) is 3. The van der Waals surface area contributed by atoms with Gasteiger partial charge in [-0.05, 0) is 38.5 Å². The molecule has 1 atom stereocenters. The lowest BCUT2D eigenvalue weighted by Crippen LogP contribution is -2.44. The zero-order valence-corrected chi connectivity index (χ0v) is 20.8. The van der Waals surface area contributed by atoms with Crippen molar-refractivity contribution in [1.82, 2.24) is 10.3 Å². The normalized spacial score (nSPS) is 18.9. The number of hydrogen-bond acceptors (Lipinski definition) is 6. The Morgan fingerprint density at radius 3 is 2.78 bits per heavy atom. The molecule has 37 heavy (non-hydrogen) atoms. The van der Waals surface area contributed by atoms with Crippen molar-refractivity contribution in [2.75, 3.05) is 19.8 Å². The summed E-state index contributed by atoms with van der Waals surface area (Å²) in [6.45, 7) is 6.15. The maximum absolute atomic E-state index is 15.4. The Hall–Kier alpha value is -4.19. The minimum atomic E-state index is -1.12. The molecule has 190 valence electrons. The van der Waals surface area contributed by atoms with Crippen molar-refractivity contribution < 1.29 is 23.0 Å². The Balaban J connectivity index is 1.67. The molecule has 1 N–H and O–H groups in total. The minimum Gasteiger partial charge on any atom is -0.492 e. The third-order valence-electron chi connectivity index (χ3n) is 6.32. The maximum Gasteiger partial charge on any atom is 0.285 e. The van der Waals surface area contributed by atoms with Crippen molar-refractivity contribution >= 4 is 6.02 Å². The molecule has 1 spiro atoms. The monoisotopic (exact) mass is 504 g/mol. The fourth-order valence-corrected chi connectivity index (χ4v) is 4.36. The first-order chi connectivity index (χ1) is 17.8. The van der Waals surface area contributed by atoms with Crippen molar-refractivity contribution in [3.05, 3.63) is 71.6 Å². The lowest BCUT2D eigenvalue weighted by atomic mass is 9.79. The van der Waals surface area contributed by atoms with Gasteiger partial charge < -0.3 is 19.5 Å². The quantitative estimate of drug-likeness (QED) is 0.464. The smallest absolute Gasteiger partial charge is 0.285 e. The van der Waals surface area contributed by atoms with Gasteiger partial charge in [0.2, 0.25) is 0 Å². The van der Waals surface area contributed by atoms with Crippen molar-refractivity contribution in [2.45, 2.75) is 32.7 Å². The predicted molar refractivity (Wildman–Crippen MR) is 133 cm³/mol. The number of pyridine rings is 1. The van der Waals surface area contributed by atoms with Crippen LogP contribution < -0.4 is 14.8 Å². The van der Waals surface area contributed by atoms with E-state index in [1.165, 1.54) is 12.1 Å². The van der Waals surface area contributed by atoms with E-state index in [0.29, 0.717) is 34.8 Å². The van der Waals surface area contributed by atoms with Gasteiger partial charge >= 0.3 is 0 Å². The van der Waals surface area contributed by atoms with E-state index >= 15 is 8.78 Å². The molecule has 1 aromatic heterocycles. The molecule has 0 aliphatic carbocycles. The fourth-order valence-electron chi connectivity index (χ4n) is 4.36. The lowest BCUT2D eigenvalue weighted by molar-refractivity contribution is 0.223. The number of fused-ring (bicyclic) bond motifs is 4. The zero-order chi connectivity index (χ0) is 26.2. The third kappa shape index (κ3) is 4.44. The fraction of sp³-hybridized carbons (Fsp3) is 0.321. The first kappa shape index (κ1) is 24.5. The van der Waals surface area contributed by atoms with Crippen molar-refractivity contribution in [3.8, 4) is 34.4 Å². The highest BCUT2D eigenvalue weighted by molar-refractivity contribution is 5.81. The number of aliphatic imine (C=N–C) groups is 1. The van der Waals surface area contributed by atoms with Gasteiger partial charge in [-0.2, -0.15) is 5.26 Å². The van der Waals surface area contributed by atoms with Crippen molar-refractivity contribution in [3.63, 3.8) is 0 Å². The third-order valence-corrected chi connectivity index (χ3v) is 6.32. The van der Waals surface area contributed by atoms with Gasteiger partial charge in [-0.15, -0.1) is 0 Å². The highest BCUT2D eigenvalue weighted by Gasteiger charge is 2.50. The number of nitrogens with one attached hydrogen (secondary N) is 1. The molecule has 0 bridgehead atoms. The van der Waals surface area contributed by atoms with E-state index < -0.39 is 22.6 Å². The van der Waals surface area contributed by atoms with Gasteiger partial charge in [-0.1, -0.05) is 13.0 Å². The number of ether oxygens (including phenoxy) is 3. The van der Waals surface area contributed by atoms with Crippen LogP contribution in [0, 0.1) is 28.4 Å². The second kappa shape index (κ2) is 9.36. The molecule has 3 heterocycles. The highest BCUT2D eigenvalue weighted by atomic mass is 19.1. The summed E-state index contributed by atoms with van der Waals surface area (Å²) in [7, 11) is 0. The van der Waals surface area contributed by atoms with Crippen LogP contribution in [0.15, 0.2) is 53.8 Å². The molecule has 0 radical (unpaired) electrons. The largest absolute Gasteiger partial charge is 0.492 e. The van der Waals surface area contributed by atoms with Crippen LogP contribution in [0.25, 0.3) is 11.1 Å². The van der Waals surface area contributed by atoms with Gasteiger partial charge in [-0.3, -0.25) is 4.98 Å². The average molecular weight is 505 g/mol. The number of rotatable bonds is 6. The summed E-state index contributed by atoms with van der Waals surface area (Å²) in [6, 6.07) is 11.8. The van der Waals surface area contributed by atoms with Gasteiger partial charge in [0.05, 0.1) is 11.5 Å². The van der Waals surface area contributed by atoms with Crippen LogP contribution in [0.1, 0.15) is 38.3 Å². The molecule has 7 nitrogen and oxygen atoms in total. The number of nitriles is 1. The van der Waals surface area contributed by atoms with Gasteiger partial charge in [0.1, 0.15) is 36.1 Å². The van der Waals surface area contributed by atoms with Crippen LogP contribution in [0.2, 0.25) is 0 Å². The second-order valence-electron chi connectivity index (χ2n) is 9.74. The predicted octanol–water partition coefficient (Wildman–Crippen LogP) is 5.69. The van der Waals surface area contributed by atoms with Gasteiger partial charge in [0.15, 0.2) is 11.6 Å². The SMILES string of the molecule is CCCN=C1NC2(CO1)c1cc(-c3cccnc3)c(F)cc1Oc1c(F)cc(OCC(C)(C)C#N)cc12. The van der Waals surface area contributed by atoms with E-state index in [-0.39, 0.29) is 30.5 Å². The van der Waals surface area contributed by atoms with Gasteiger partial charge in [0.25, 0.3) is 6.02 Å². The number of benzene rings is 2. The topological polar surface area (TPSA) is 88.8 Å². The summed E-state index contributed by atoms with van der Waals surface area (Å²) in [6.07, 6.45) is 4.00. The molecule has 1 saturated heterocycles. The first-order valence-electron chi connectivity index (χ1n) is 12.0. The molecule has 2 aliphatic heterocycles. The van der Waals surface area contributed by atoms with E-state index in [1.807, 2.05) is 6.92 Å². The Kier molecular flexibility index (Phi) is 6.20. The molecule has 5 rings (SSSR count). The van der Waals surface area contributed by atoms with Crippen molar-refractivity contribution in [1.29, 1.82) is 5.26 Å². The number of aromatic nitrogens is 1. The molecule has 1 fully saturated rings. The van der Waals surface area contributed by atoms with Crippen LogP contribution >= 0.6 is 0 Å². The van der Waals surface area contributed by atoms with E-state index in [0.717, 1.165) is 6.42 Å². The summed E-state index contributed by atoms with van der Waals surface area (Å²) in [5.41, 5.74) is 0.0154. The van der Waals surface area contributed by atoms with Crippen LogP contribution in [0.3, 0.4) is 0 Å². The highest BCUT2D eigenvalue weighted by Crippen LogP contribution is 2.52. The summed E-state index contributed by atoms with van der Waals surface area (Å²) < 4.78 is 48.4. The Labute approximate surface area is 213 Å². The standard InChI is InChI=1S/C28H26F2N4O3/c1-4-7-33-26-34-28(16-36-26)20-11-19(17-6-5-8-32-13-17)22(29)12-24(20)37-25-21(28)9-18(10-23(25)30)35-15-27(2,3)14-31/h5-6,8-13H,4,7,15-16H2,1-3H3,(H,33,34). The average Bonchev–Trinajstić information content (AvgIpc) is 3.32. The Bertz CT molecular complexity index is 1420. The van der Waals surface area contributed by atoms with E-state index in [4.69, 9.17) is 14.2 Å². The number of hydrogen-bond donors (Lipinski definition) is 1. The minimum absolute atomic E-state index is 0.0548. The van der Waals surface area contributed by atoms with Crippen LogP contribution in [0.5, 0.6) is 17.2 Å². The van der Waals surface area contributed by atoms with Gasteiger partial charge in [0, 0.05) is 53.3 Å². The zero-order valence-electron chi connectivity index (χ0n) is 20.8. The molecule has 3 aromatic rings. The molecule has 2 aliphatic rings. The van der Waals surface area contributed by atoms with Crippen LogP contribution in [0.4, 0.5) is 8.78 Å². The second-order valence-corrected chi connectivity index (χ2v) is 9.74. The van der Waals surface area contributed by atoms with E-state index in [1.54, 1.807) is 50.5 Å². The van der Waals surface area contributed by atoms with E-state index in [2.05, 4.69) is 21.4 Å². The molecule has 2 aromatic carbocycles. The maximum atomic E-state index is 15.4. The molecule has 0 amide bonds. The summed E-state index contributed by atoms with van der Waals surface area (Å²) in [4.78, 5) is 8.57. The Morgan fingerprint density at radius 1 is 1.22 bits per heavy atom. The Morgan fingerprint density at radius 2 is 2.05 bits per heavy atom. The lowest BCUT2D eigenvalue weighted by Gasteiger charge is -2.36.